The number of phosphoric acid groups is 1. The Morgan fingerprint density at radius 2 is 1.11 bits per heavy atom. The van der Waals surface area contributed by atoms with Crippen LogP contribution in [0.2, 0.25) is 0 Å². The van der Waals surface area contributed by atoms with Gasteiger partial charge in [0, 0.05) is 11.1 Å². The van der Waals surface area contributed by atoms with Crippen molar-refractivity contribution in [1.29, 1.82) is 0 Å². The van der Waals surface area contributed by atoms with Crippen molar-refractivity contribution in [2.45, 2.75) is 65.2 Å². The van der Waals surface area contributed by atoms with Crippen molar-refractivity contribution in [3.8, 4) is 22.6 Å². The lowest BCUT2D eigenvalue weighted by Gasteiger charge is -2.15. The van der Waals surface area contributed by atoms with Crippen LogP contribution >= 0.6 is 7.82 Å². The van der Waals surface area contributed by atoms with Crippen molar-refractivity contribution in [3.05, 3.63) is 71.8 Å². The Balaban J connectivity index is 1.68. The first-order valence-electron chi connectivity index (χ1n) is 12.8. The third-order valence-corrected chi connectivity index (χ3v) is 7.76. The molecular formula is C30H33O4P. The number of benzene rings is 4. The van der Waals surface area contributed by atoms with Gasteiger partial charge in [-0.15, -0.1) is 0 Å². The summed E-state index contributed by atoms with van der Waals surface area (Å²) in [5, 5.41) is 4.17. The molecule has 0 saturated heterocycles. The Labute approximate surface area is 207 Å². The fourth-order valence-corrected chi connectivity index (χ4v) is 5.96. The molecule has 1 heterocycles. The number of rotatable bonds is 8. The van der Waals surface area contributed by atoms with E-state index in [0.717, 1.165) is 45.5 Å². The van der Waals surface area contributed by atoms with Gasteiger partial charge in [-0.25, -0.2) is 4.57 Å². The van der Waals surface area contributed by atoms with E-state index < -0.39 is 7.82 Å². The monoisotopic (exact) mass is 488 g/mol. The highest BCUT2D eigenvalue weighted by molar-refractivity contribution is 7.48. The highest BCUT2D eigenvalue weighted by Crippen LogP contribution is 2.56. The van der Waals surface area contributed by atoms with Crippen LogP contribution in [-0.2, 0) is 17.4 Å². The Hall–Kier alpha value is -2.81. The van der Waals surface area contributed by atoms with E-state index >= 15 is 0 Å². The quantitative estimate of drug-likeness (QED) is 0.199. The van der Waals surface area contributed by atoms with E-state index in [2.05, 4.69) is 50.2 Å². The van der Waals surface area contributed by atoms with Gasteiger partial charge in [-0.1, -0.05) is 88.1 Å². The van der Waals surface area contributed by atoms with E-state index in [0.29, 0.717) is 11.5 Å². The fourth-order valence-electron chi connectivity index (χ4n) is 5.12. The molecule has 0 radical (unpaired) electrons. The second-order valence-corrected chi connectivity index (χ2v) is 10.9. The standard InChI is InChI=1S/C30H33O4P/c1-3-5-7-9-21-11-15-25-23(19-21)13-17-27-29(25)30-26-16-12-22(10-8-6-4-2)20-24(26)14-18-28(30)34-35(31,32)33-27/h11-20H,3-10H2,1-2H3,(H,31,32). The lowest BCUT2D eigenvalue weighted by molar-refractivity contribution is 0.294. The number of phosphoric ester groups is 1. The van der Waals surface area contributed by atoms with Gasteiger partial charge in [0.2, 0.25) is 0 Å². The molecule has 0 spiro atoms. The molecule has 4 aromatic carbocycles. The van der Waals surface area contributed by atoms with E-state index in [1.165, 1.54) is 49.7 Å². The zero-order valence-corrected chi connectivity index (χ0v) is 21.4. The Morgan fingerprint density at radius 3 is 1.54 bits per heavy atom. The predicted molar refractivity (Wildman–Crippen MR) is 144 cm³/mol. The number of fused-ring (bicyclic) bond motifs is 7. The minimum atomic E-state index is -4.31. The van der Waals surface area contributed by atoms with Gasteiger partial charge in [0.15, 0.2) is 0 Å². The largest absolute Gasteiger partial charge is 0.584 e. The summed E-state index contributed by atoms with van der Waals surface area (Å²) in [5.74, 6) is 0.751. The SMILES string of the molecule is CCCCCc1ccc2c3c(ccc2c1)OP(=O)(O)Oc1ccc2cc(CCCCC)ccc2c1-3. The molecule has 4 aromatic rings. The predicted octanol–water partition coefficient (Wildman–Crippen LogP) is 9.00. The summed E-state index contributed by atoms with van der Waals surface area (Å²) in [6.07, 6.45) is 9.28. The second kappa shape index (κ2) is 10.0. The molecule has 0 aliphatic carbocycles. The molecule has 5 heteroatoms. The summed E-state index contributed by atoms with van der Waals surface area (Å²) in [4.78, 5) is 10.4. The molecule has 1 N–H and O–H groups in total. The summed E-state index contributed by atoms with van der Waals surface area (Å²) < 4.78 is 23.9. The Morgan fingerprint density at radius 1 is 0.657 bits per heavy atom. The maximum atomic E-state index is 12.8. The molecule has 35 heavy (non-hydrogen) atoms. The topological polar surface area (TPSA) is 55.8 Å². The van der Waals surface area contributed by atoms with Gasteiger partial charge in [0.1, 0.15) is 11.5 Å². The third-order valence-electron chi connectivity index (χ3n) is 6.91. The van der Waals surface area contributed by atoms with Crippen molar-refractivity contribution in [2.24, 2.45) is 0 Å². The van der Waals surface area contributed by atoms with Gasteiger partial charge in [0.05, 0.1) is 0 Å². The summed E-state index contributed by atoms with van der Waals surface area (Å²) in [5.41, 5.74) is 4.24. The fraction of sp³-hybridized carbons (Fsp3) is 0.333. The number of aryl methyl sites for hydroxylation is 2. The maximum absolute atomic E-state index is 12.8. The van der Waals surface area contributed by atoms with Gasteiger partial charge < -0.3 is 9.05 Å². The molecular weight excluding hydrogens is 455 g/mol. The number of unbranched alkanes of at least 4 members (excludes halogenated alkanes) is 4. The van der Waals surface area contributed by atoms with E-state index in [1.54, 1.807) is 12.1 Å². The normalized spacial score (nSPS) is 14.1. The number of hydrogen-bond acceptors (Lipinski definition) is 3. The molecule has 0 bridgehead atoms. The molecule has 0 amide bonds. The average molecular weight is 489 g/mol. The minimum Gasteiger partial charge on any atom is -0.395 e. The van der Waals surface area contributed by atoms with Gasteiger partial charge in [-0.05, 0) is 70.5 Å². The zero-order valence-electron chi connectivity index (χ0n) is 20.5. The molecule has 0 unspecified atom stereocenters. The van der Waals surface area contributed by atoms with Crippen molar-refractivity contribution >= 4 is 29.4 Å². The van der Waals surface area contributed by atoms with Crippen LogP contribution in [0.15, 0.2) is 60.7 Å². The first kappa shape index (κ1) is 23.9. The maximum Gasteiger partial charge on any atom is 0.584 e. The highest BCUT2D eigenvalue weighted by atomic mass is 31.2. The Bertz CT molecular complexity index is 1320. The molecule has 0 fully saturated rings. The second-order valence-electron chi connectivity index (χ2n) is 9.55. The third kappa shape index (κ3) is 4.96. The zero-order chi connectivity index (χ0) is 24.4. The highest BCUT2D eigenvalue weighted by Gasteiger charge is 2.33. The summed E-state index contributed by atoms with van der Waals surface area (Å²) in [6, 6.07) is 20.6. The molecule has 0 aromatic heterocycles. The molecule has 0 saturated carbocycles. The van der Waals surface area contributed by atoms with Crippen LogP contribution in [0.3, 0.4) is 0 Å². The van der Waals surface area contributed by atoms with Crippen LogP contribution in [-0.4, -0.2) is 4.89 Å². The lowest BCUT2D eigenvalue weighted by atomic mass is 9.90. The average Bonchev–Trinajstić information content (AvgIpc) is 2.96. The lowest BCUT2D eigenvalue weighted by Crippen LogP contribution is -1.97. The molecule has 4 nitrogen and oxygen atoms in total. The van der Waals surface area contributed by atoms with Crippen LogP contribution in [0.4, 0.5) is 0 Å². The van der Waals surface area contributed by atoms with Crippen LogP contribution < -0.4 is 9.05 Å². The van der Waals surface area contributed by atoms with Crippen molar-refractivity contribution < 1.29 is 18.5 Å². The number of hydrogen-bond donors (Lipinski definition) is 1. The van der Waals surface area contributed by atoms with Crippen molar-refractivity contribution in [2.75, 3.05) is 0 Å². The summed E-state index contributed by atoms with van der Waals surface area (Å²) in [7, 11) is -4.31. The van der Waals surface area contributed by atoms with E-state index in [4.69, 9.17) is 9.05 Å². The van der Waals surface area contributed by atoms with Crippen LogP contribution in [0.1, 0.15) is 63.5 Å². The van der Waals surface area contributed by atoms with E-state index in [-0.39, 0.29) is 0 Å². The summed E-state index contributed by atoms with van der Waals surface area (Å²) in [6.45, 7) is 4.43. The van der Waals surface area contributed by atoms with Crippen LogP contribution in [0, 0.1) is 0 Å². The first-order valence-corrected chi connectivity index (χ1v) is 14.3. The molecule has 1 aliphatic heterocycles. The van der Waals surface area contributed by atoms with Crippen molar-refractivity contribution in [1.82, 2.24) is 0 Å². The smallest absolute Gasteiger partial charge is 0.395 e. The van der Waals surface area contributed by atoms with Gasteiger partial charge in [-0.2, -0.15) is 0 Å². The Kier molecular flexibility index (Phi) is 6.86. The summed E-state index contributed by atoms with van der Waals surface area (Å²) >= 11 is 0. The van der Waals surface area contributed by atoms with Gasteiger partial charge in [-0.3, -0.25) is 4.89 Å². The molecule has 5 rings (SSSR count). The van der Waals surface area contributed by atoms with E-state index in [9.17, 15) is 9.46 Å². The van der Waals surface area contributed by atoms with Gasteiger partial charge in [0.25, 0.3) is 0 Å². The first-order chi connectivity index (χ1) is 17.0. The molecule has 1 aliphatic rings. The molecule has 0 atom stereocenters. The molecule has 182 valence electrons. The van der Waals surface area contributed by atoms with Crippen LogP contribution in [0.25, 0.3) is 32.7 Å². The van der Waals surface area contributed by atoms with Crippen LogP contribution in [0.5, 0.6) is 11.5 Å². The van der Waals surface area contributed by atoms with Gasteiger partial charge >= 0.3 is 7.82 Å². The van der Waals surface area contributed by atoms with E-state index in [1.807, 2.05) is 12.1 Å². The van der Waals surface area contributed by atoms with Crippen molar-refractivity contribution in [3.63, 3.8) is 0 Å². The minimum absolute atomic E-state index is 0.375.